The van der Waals surface area contributed by atoms with Crippen molar-refractivity contribution in [1.82, 2.24) is 14.9 Å². The van der Waals surface area contributed by atoms with Crippen molar-refractivity contribution in [2.45, 2.75) is 32.7 Å². The summed E-state index contributed by atoms with van der Waals surface area (Å²) in [6.45, 7) is 8.88. The van der Waals surface area contributed by atoms with E-state index >= 15 is 0 Å². The van der Waals surface area contributed by atoms with Crippen LogP contribution in [0.2, 0.25) is 0 Å². The van der Waals surface area contributed by atoms with Crippen LogP contribution >= 0.6 is 11.8 Å². The van der Waals surface area contributed by atoms with Gasteiger partial charge in [0.25, 0.3) is 0 Å². The molecule has 0 spiro atoms. The zero-order valence-corrected chi connectivity index (χ0v) is 13.3. The lowest BCUT2D eigenvalue weighted by Gasteiger charge is -2.40. The van der Waals surface area contributed by atoms with E-state index in [2.05, 4.69) is 38.5 Å². The largest absolute Gasteiger partial charge is 0.355 e. The highest BCUT2D eigenvalue weighted by atomic mass is 32.2. The van der Waals surface area contributed by atoms with Gasteiger partial charge in [0.05, 0.1) is 11.4 Å². The number of thioether (sulfide) groups is 1. The Hall–Kier alpha value is -0.810. The smallest absolute Gasteiger partial charge is 0.150 e. The summed E-state index contributed by atoms with van der Waals surface area (Å²) in [4.78, 5) is 14.2. The molecule has 0 radical (unpaired) electrons. The highest BCUT2D eigenvalue weighted by Gasteiger charge is 2.26. The first kappa shape index (κ1) is 14.1. The molecule has 0 amide bonds. The van der Waals surface area contributed by atoms with Crippen LogP contribution in [0.4, 0.5) is 5.82 Å². The van der Waals surface area contributed by atoms with Gasteiger partial charge in [-0.25, -0.2) is 4.98 Å². The predicted molar refractivity (Wildman–Crippen MR) is 85.6 cm³/mol. The Balaban J connectivity index is 1.61. The van der Waals surface area contributed by atoms with E-state index in [1.165, 1.54) is 37.4 Å². The molecule has 0 saturated carbocycles. The Labute approximate surface area is 126 Å². The van der Waals surface area contributed by atoms with Crippen molar-refractivity contribution < 1.29 is 0 Å². The van der Waals surface area contributed by atoms with Gasteiger partial charge in [0.1, 0.15) is 5.82 Å². The summed E-state index contributed by atoms with van der Waals surface area (Å²) in [6.07, 6.45) is 4.39. The van der Waals surface area contributed by atoms with Crippen LogP contribution < -0.4 is 4.90 Å². The van der Waals surface area contributed by atoms with Crippen molar-refractivity contribution in [2.75, 3.05) is 42.6 Å². The molecule has 0 N–H and O–H groups in total. The summed E-state index contributed by atoms with van der Waals surface area (Å²) in [6, 6.07) is 0.783. The molecule has 3 heterocycles. The molecule has 0 aromatic carbocycles. The van der Waals surface area contributed by atoms with Crippen LogP contribution in [0.1, 0.15) is 24.2 Å². The lowest BCUT2D eigenvalue weighted by Crippen LogP contribution is -2.48. The van der Waals surface area contributed by atoms with Crippen molar-refractivity contribution in [3.05, 3.63) is 17.6 Å². The van der Waals surface area contributed by atoms with Crippen molar-refractivity contribution >= 4 is 17.6 Å². The van der Waals surface area contributed by atoms with Crippen molar-refractivity contribution in [3.8, 4) is 0 Å². The molecule has 110 valence electrons. The summed E-state index contributed by atoms with van der Waals surface area (Å²) >= 11 is 2.09. The Morgan fingerprint density at radius 3 is 2.50 bits per heavy atom. The van der Waals surface area contributed by atoms with E-state index in [1.54, 1.807) is 0 Å². The molecule has 2 aliphatic rings. The van der Waals surface area contributed by atoms with Crippen molar-refractivity contribution in [2.24, 2.45) is 0 Å². The van der Waals surface area contributed by atoms with Crippen LogP contribution in [0.15, 0.2) is 6.20 Å². The van der Waals surface area contributed by atoms with Gasteiger partial charge in [-0.3, -0.25) is 9.88 Å². The van der Waals surface area contributed by atoms with Crippen molar-refractivity contribution in [3.63, 3.8) is 0 Å². The van der Waals surface area contributed by atoms with Crippen LogP contribution in [0.25, 0.3) is 0 Å². The fourth-order valence-corrected chi connectivity index (χ4v) is 4.14. The van der Waals surface area contributed by atoms with Gasteiger partial charge in [-0.15, -0.1) is 0 Å². The standard InChI is InChI=1S/C15H24N4S/c1-12-11-16-13(2)15(17-12)19-5-3-14(4-6-19)18-7-9-20-10-8-18/h11,14H,3-10H2,1-2H3. The maximum Gasteiger partial charge on any atom is 0.150 e. The summed E-state index contributed by atoms with van der Waals surface area (Å²) in [5, 5.41) is 0. The molecule has 2 fully saturated rings. The molecule has 3 rings (SSSR count). The Kier molecular flexibility index (Phi) is 4.46. The van der Waals surface area contributed by atoms with Crippen LogP contribution in [0, 0.1) is 13.8 Å². The molecule has 2 saturated heterocycles. The second-order valence-corrected chi connectivity index (χ2v) is 7.01. The lowest BCUT2D eigenvalue weighted by atomic mass is 10.0. The average molecular weight is 292 g/mol. The molecule has 20 heavy (non-hydrogen) atoms. The third-order valence-corrected chi connectivity index (χ3v) is 5.32. The Morgan fingerprint density at radius 1 is 1.10 bits per heavy atom. The van der Waals surface area contributed by atoms with E-state index in [-0.39, 0.29) is 0 Å². The summed E-state index contributed by atoms with van der Waals surface area (Å²) in [5.74, 6) is 3.71. The SMILES string of the molecule is Cc1cnc(C)c(N2CCC(N3CCSCC3)CC2)n1. The van der Waals surface area contributed by atoms with Crippen molar-refractivity contribution in [1.29, 1.82) is 0 Å². The molecule has 0 atom stereocenters. The number of rotatable bonds is 2. The summed E-state index contributed by atoms with van der Waals surface area (Å²) < 4.78 is 0. The minimum Gasteiger partial charge on any atom is -0.355 e. The third kappa shape index (κ3) is 3.09. The molecule has 0 aliphatic carbocycles. The Bertz CT molecular complexity index is 451. The maximum absolute atomic E-state index is 4.68. The van der Waals surface area contributed by atoms with E-state index < -0.39 is 0 Å². The van der Waals surface area contributed by atoms with E-state index in [0.29, 0.717) is 0 Å². The van der Waals surface area contributed by atoms with Gasteiger partial charge in [0.15, 0.2) is 0 Å². The fraction of sp³-hybridized carbons (Fsp3) is 0.733. The minimum atomic E-state index is 0.783. The van der Waals surface area contributed by atoms with Gasteiger partial charge >= 0.3 is 0 Å². The first-order valence-corrected chi connectivity index (χ1v) is 8.76. The number of anilines is 1. The van der Waals surface area contributed by atoms with Gasteiger partial charge in [0.2, 0.25) is 0 Å². The van der Waals surface area contributed by atoms with Gasteiger partial charge < -0.3 is 4.90 Å². The second kappa shape index (κ2) is 6.31. The number of nitrogens with zero attached hydrogens (tertiary/aromatic N) is 4. The predicted octanol–water partition coefficient (Wildman–Crippen LogP) is 2.11. The summed E-state index contributed by atoms with van der Waals surface area (Å²) in [7, 11) is 0. The molecule has 1 aromatic rings. The van der Waals surface area contributed by atoms with Crippen LogP contribution in [0.3, 0.4) is 0 Å². The number of aromatic nitrogens is 2. The number of aryl methyl sites for hydroxylation is 2. The maximum atomic E-state index is 4.68. The lowest BCUT2D eigenvalue weighted by molar-refractivity contribution is 0.185. The average Bonchev–Trinajstić information content (AvgIpc) is 2.51. The van der Waals surface area contributed by atoms with E-state index in [9.17, 15) is 0 Å². The normalized spacial score (nSPS) is 22.2. The molecule has 0 unspecified atom stereocenters. The monoisotopic (exact) mass is 292 g/mol. The van der Waals surface area contributed by atoms with E-state index in [0.717, 1.165) is 36.3 Å². The highest BCUT2D eigenvalue weighted by Crippen LogP contribution is 2.24. The molecule has 1 aromatic heterocycles. The van der Waals surface area contributed by atoms with Crippen LogP contribution in [0.5, 0.6) is 0 Å². The molecular formula is C15H24N4S. The van der Waals surface area contributed by atoms with Gasteiger partial charge in [-0.05, 0) is 26.7 Å². The zero-order chi connectivity index (χ0) is 13.9. The summed E-state index contributed by atoms with van der Waals surface area (Å²) in [5.41, 5.74) is 2.07. The van der Waals surface area contributed by atoms with E-state index in [4.69, 9.17) is 0 Å². The van der Waals surface area contributed by atoms with Crippen LogP contribution in [-0.4, -0.2) is 58.6 Å². The van der Waals surface area contributed by atoms with Crippen LogP contribution in [-0.2, 0) is 0 Å². The van der Waals surface area contributed by atoms with Gasteiger partial charge in [-0.2, -0.15) is 11.8 Å². The highest BCUT2D eigenvalue weighted by molar-refractivity contribution is 7.99. The molecule has 0 bridgehead atoms. The Morgan fingerprint density at radius 2 is 1.80 bits per heavy atom. The number of hydrogen-bond donors (Lipinski definition) is 0. The first-order valence-electron chi connectivity index (χ1n) is 7.61. The minimum absolute atomic E-state index is 0.783. The van der Waals surface area contributed by atoms with Gasteiger partial charge in [-0.1, -0.05) is 0 Å². The molecule has 2 aliphatic heterocycles. The second-order valence-electron chi connectivity index (χ2n) is 5.79. The third-order valence-electron chi connectivity index (χ3n) is 4.38. The number of hydrogen-bond acceptors (Lipinski definition) is 5. The zero-order valence-electron chi connectivity index (χ0n) is 12.5. The topological polar surface area (TPSA) is 32.3 Å². The quantitative estimate of drug-likeness (QED) is 0.833. The molecule has 4 nitrogen and oxygen atoms in total. The number of piperidine rings is 1. The molecular weight excluding hydrogens is 268 g/mol. The first-order chi connectivity index (χ1) is 9.74. The fourth-order valence-electron chi connectivity index (χ4n) is 3.21. The van der Waals surface area contributed by atoms with Gasteiger partial charge in [0, 0.05) is 49.9 Å². The van der Waals surface area contributed by atoms with E-state index in [1.807, 2.05) is 13.1 Å². The molecule has 5 heteroatoms.